The summed E-state index contributed by atoms with van der Waals surface area (Å²) < 4.78 is 20.4. The summed E-state index contributed by atoms with van der Waals surface area (Å²) in [5, 5.41) is 8.31. The molecule has 7 heteroatoms. The van der Waals surface area contributed by atoms with Gasteiger partial charge in [-0.05, 0) is 12.1 Å². The smallest absolute Gasteiger partial charge is 0.481 e. The zero-order valence-electron chi connectivity index (χ0n) is 8.28. The highest BCUT2D eigenvalue weighted by Crippen LogP contribution is 2.43. The average Bonchev–Trinajstić information content (AvgIpc) is 2.17. The summed E-state index contributed by atoms with van der Waals surface area (Å²) in [6.07, 6.45) is -0.358. The topological polar surface area (TPSA) is 93.1 Å². The lowest BCUT2D eigenvalue weighted by Gasteiger charge is -2.11. The minimum Gasteiger partial charge on any atom is -0.481 e. The minimum atomic E-state index is -4.23. The van der Waals surface area contributed by atoms with Crippen LogP contribution in [0.3, 0.4) is 0 Å². The first kappa shape index (κ1) is 12.7. The van der Waals surface area contributed by atoms with Gasteiger partial charge in [0, 0.05) is 0 Å². The van der Waals surface area contributed by atoms with Crippen molar-refractivity contribution < 1.29 is 28.4 Å². The van der Waals surface area contributed by atoms with Gasteiger partial charge >= 0.3 is 13.8 Å². The number of hydrogen-bond acceptors (Lipinski definition) is 4. The van der Waals surface area contributed by atoms with E-state index >= 15 is 0 Å². The van der Waals surface area contributed by atoms with Crippen LogP contribution in [0.25, 0.3) is 0 Å². The third-order valence-corrected chi connectivity index (χ3v) is 2.48. The van der Waals surface area contributed by atoms with Crippen molar-refractivity contribution in [2.24, 2.45) is 0 Å². The van der Waals surface area contributed by atoms with Crippen LogP contribution in [0.15, 0.2) is 30.3 Å². The third kappa shape index (κ3) is 4.93. The molecule has 0 aromatic heterocycles. The fourth-order valence-electron chi connectivity index (χ4n) is 0.889. The van der Waals surface area contributed by atoms with Gasteiger partial charge in [-0.25, -0.2) is 4.57 Å². The minimum absolute atomic E-state index is 0.184. The van der Waals surface area contributed by atoms with Gasteiger partial charge in [-0.2, -0.15) is 0 Å². The second-order valence-electron chi connectivity index (χ2n) is 2.85. The normalized spacial score (nSPS) is 14.1. The van der Waals surface area contributed by atoms with E-state index in [-0.39, 0.29) is 18.8 Å². The maximum atomic E-state index is 11.3. The highest BCUT2D eigenvalue weighted by molar-refractivity contribution is 7.47. The van der Waals surface area contributed by atoms with E-state index in [1.165, 1.54) is 12.1 Å². The molecular weight excluding hydrogens is 235 g/mol. The molecule has 2 N–H and O–H groups in total. The molecule has 1 atom stereocenters. The molecule has 0 aliphatic rings. The van der Waals surface area contributed by atoms with Crippen LogP contribution < -0.4 is 4.52 Å². The quantitative estimate of drug-likeness (QED) is 0.741. The number of phosphoric ester groups is 1. The SMILES string of the molecule is O=C(O)CCOP(=O)(O)Oc1ccccc1. The van der Waals surface area contributed by atoms with Gasteiger partial charge in [0.15, 0.2) is 0 Å². The molecule has 0 amide bonds. The summed E-state index contributed by atoms with van der Waals surface area (Å²) >= 11 is 0. The summed E-state index contributed by atoms with van der Waals surface area (Å²) in [5.41, 5.74) is 0. The van der Waals surface area contributed by atoms with Gasteiger partial charge in [0.05, 0.1) is 13.0 Å². The van der Waals surface area contributed by atoms with E-state index in [4.69, 9.17) is 5.11 Å². The molecule has 0 aliphatic carbocycles. The van der Waals surface area contributed by atoms with Crippen LogP contribution in [0.1, 0.15) is 6.42 Å². The standard InChI is InChI=1S/C9H11O6P/c10-9(11)6-7-14-16(12,13)15-8-4-2-1-3-5-8/h1-5H,6-7H2,(H,10,11)(H,12,13). The molecule has 0 spiro atoms. The Morgan fingerprint density at radius 3 is 2.50 bits per heavy atom. The Labute approximate surface area is 92.1 Å². The molecule has 0 radical (unpaired) electrons. The number of aliphatic carboxylic acids is 1. The van der Waals surface area contributed by atoms with Gasteiger partial charge in [0.1, 0.15) is 5.75 Å². The van der Waals surface area contributed by atoms with Gasteiger partial charge in [-0.15, -0.1) is 0 Å². The highest BCUT2D eigenvalue weighted by atomic mass is 31.2. The van der Waals surface area contributed by atoms with Crippen molar-refractivity contribution in [3.63, 3.8) is 0 Å². The lowest BCUT2D eigenvalue weighted by atomic mass is 10.3. The molecule has 6 nitrogen and oxygen atoms in total. The first-order valence-electron chi connectivity index (χ1n) is 4.43. The molecule has 16 heavy (non-hydrogen) atoms. The van der Waals surface area contributed by atoms with Crippen LogP contribution in [-0.4, -0.2) is 22.6 Å². The monoisotopic (exact) mass is 246 g/mol. The second kappa shape index (κ2) is 5.65. The highest BCUT2D eigenvalue weighted by Gasteiger charge is 2.22. The molecule has 1 unspecified atom stereocenters. The molecule has 0 heterocycles. The summed E-state index contributed by atoms with van der Waals surface area (Å²) in [6, 6.07) is 7.96. The van der Waals surface area contributed by atoms with Gasteiger partial charge in [0.2, 0.25) is 0 Å². The molecular formula is C9H11O6P. The molecule has 1 aromatic rings. The van der Waals surface area contributed by atoms with Crippen LogP contribution in [0.4, 0.5) is 0 Å². The fraction of sp³-hybridized carbons (Fsp3) is 0.222. The Bertz CT molecular complexity index is 390. The van der Waals surface area contributed by atoms with Crippen LogP contribution in [0.2, 0.25) is 0 Å². The number of carboxylic acid groups (broad SMARTS) is 1. The average molecular weight is 246 g/mol. The zero-order valence-corrected chi connectivity index (χ0v) is 9.17. The summed E-state index contributed by atoms with van der Waals surface area (Å²) in [7, 11) is -4.23. The number of phosphoric acid groups is 1. The molecule has 0 aliphatic heterocycles. The predicted octanol–water partition coefficient (Wildman–Crippen LogP) is 1.66. The van der Waals surface area contributed by atoms with Crippen molar-refractivity contribution in [2.45, 2.75) is 6.42 Å². The lowest BCUT2D eigenvalue weighted by molar-refractivity contribution is -0.137. The summed E-state index contributed by atoms with van der Waals surface area (Å²) in [5.74, 6) is -0.927. The van der Waals surface area contributed by atoms with Crippen molar-refractivity contribution in [1.82, 2.24) is 0 Å². The van der Waals surface area contributed by atoms with E-state index in [0.717, 1.165) is 0 Å². The molecule has 1 rings (SSSR count). The number of benzene rings is 1. The number of para-hydroxylation sites is 1. The summed E-state index contributed by atoms with van der Waals surface area (Å²) in [4.78, 5) is 19.4. The van der Waals surface area contributed by atoms with Crippen molar-refractivity contribution in [2.75, 3.05) is 6.61 Å². The Hall–Kier alpha value is -1.36. The van der Waals surface area contributed by atoms with Crippen LogP contribution in [0, 0.1) is 0 Å². The predicted molar refractivity (Wildman–Crippen MR) is 55.1 cm³/mol. The first-order valence-corrected chi connectivity index (χ1v) is 5.93. The first-order chi connectivity index (χ1) is 7.49. The number of carbonyl (C=O) groups is 1. The second-order valence-corrected chi connectivity index (χ2v) is 4.23. The van der Waals surface area contributed by atoms with E-state index in [2.05, 4.69) is 9.05 Å². The number of rotatable bonds is 6. The molecule has 0 saturated heterocycles. The largest absolute Gasteiger partial charge is 0.527 e. The van der Waals surface area contributed by atoms with Crippen molar-refractivity contribution >= 4 is 13.8 Å². The van der Waals surface area contributed by atoms with E-state index in [9.17, 15) is 14.3 Å². The zero-order chi connectivity index (χ0) is 12.0. The van der Waals surface area contributed by atoms with Crippen LogP contribution in [-0.2, 0) is 13.9 Å². The molecule has 88 valence electrons. The van der Waals surface area contributed by atoms with Gasteiger partial charge in [-0.3, -0.25) is 14.2 Å². The van der Waals surface area contributed by atoms with E-state index in [1.54, 1.807) is 18.2 Å². The van der Waals surface area contributed by atoms with E-state index < -0.39 is 13.8 Å². The molecule has 0 bridgehead atoms. The van der Waals surface area contributed by atoms with Crippen molar-refractivity contribution in [1.29, 1.82) is 0 Å². The number of carboxylic acids is 1. The molecule has 0 saturated carbocycles. The van der Waals surface area contributed by atoms with E-state index in [0.29, 0.717) is 0 Å². The Kier molecular flexibility index (Phi) is 4.49. The Morgan fingerprint density at radius 2 is 1.94 bits per heavy atom. The van der Waals surface area contributed by atoms with E-state index in [1.807, 2.05) is 0 Å². The maximum Gasteiger partial charge on any atom is 0.527 e. The fourth-order valence-corrected chi connectivity index (χ4v) is 1.65. The third-order valence-electron chi connectivity index (χ3n) is 1.53. The summed E-state index contributed by atoms with van der Waals surface area (Å²) in [6.45, 7) is -0.379. The van der Waals surface area contributed by atoms with Crippen molar-refractivity contribution in [3.8, 4) is 5.75 Å². The molecule has 1 aromatic carbocycles. The maximum absolute atomic E-state index is 11.3. The molecule has 0 fully saturated rings. The number of hydrogen-bond donors (Lipinski definition) is 2. The van der Waals surface area contributed by atoms with Gasteiger partial charge in [-0.1, -0.05) is 18.2 Å². The Morgan fingerprint density at radius 1 is 1.31 bits per heavy atom. The van der Waals surface area contributed by atoms with Crippen LogP contribution in [0.5, 0.6) is 5.75 Å². The van der Waals surface area contributed by atoms with Crippen LogP contribution >= 0.6 is 7.82 Å². The van der Waals surface area contributed by atoms with Gasteiger partial charge < -0.3 is 9.63 Å². The van der Waals surface area contributed by atoms with Crippen molar-refractivity contribution in [3.05, 3.63) is 30.3 Å². The lowest BCUT2D eigenvalue weighted by Crippen LogP contribution is -2.04. The Balaban J connectivity index is 2.46. The van der Waals surface area contributed by atoms with Gasteiger partial charge in [0.25, 0.3) is 0 Å².